The van der Waals surface area contributed by atoms with Gasteiger partial charge in [-0.1, -0.05) is 12.1 Å². The third kappa shape index (κ3) is 3.78. The lowest BCUT2D eigenvalue weighted by Gasteiger charge is -2.28. The maximum absolute atomic E-state index is 12.2. The van der Waals surface area contributed by atoms with Crippen molar-refractivity contribution in [2.75, 3.05) is 20.3 Å². The van der Waals surface area contributed by atoms with Crippen LogP contribution in [0.25, 0.3) is 0 Å². The Morgan fingerprint density at radius 2 is 2.13 bits per heavy atom. The minimum atomic E-state index is -0.225. The van der Waals surface area contributed by atoms with Crippen molar-refractivity contribution in [3.05, 3.63) is 23.8 Å². The molecule has 0 bridgehead atoms. The van der Waals surface area contributed by atoms with Crippen LogP contribution >= 0.6 is 0 Å². The van der Waals surface area contributed by atoms with Crippen LogP contribution in [0.2, 0.25) is 0 Å². The number of carbonyl (C=O) groups excluding carboxylic acids is 1. The molecule has 0 spiro atoms. The number of carbonyl (C=O) groups is 1. The molecule has 5 nitrogen and oxygen atoms in total. The van der Waals surface area contributed by atoms with Gasteiger partial charge < -0.3 is 19.9 Å². The number of rotatable bonds is 4. The molecule has 1 aliphatic carbocycles. The Kier molecular flexibility index (Phi) is 5.06. The zero-order valence-corrected chi connectivity index (χ0v) is 13.6. The van der Waals surface area contributed by atoms with Crippen molar-refractivity contribution in [1.82, 2.24) is 5.32 Å². The average molecular weight is 319 g/mol. The predicted molar refractivity (Wildman–Crippen MR) is 86.7 cm³/mol. The number of hydrogen-bond acceptors (Lipinski definition) is 4. The molecule has 0 aromatic heterocycles. The van der Waals surface area contributed by atoms with E-state index in [-0.39, 0.29) is 23.8 Å². The second-order valence-electron chi connectivity index (χ2n) is 6.58. The second kappa shape index (κ2) is 7.21. The molecule has 1 atom stereocenters. The van der Waals surface area contributed by atoms with Gasteiger partial charge in [-0.3, -0.25) is 4.79 Å². The smallest absolute Gasteiger partial charge is 0.223 e. The van der Waals surface area contributed by atoms with Crippen molar-refractivity contribution in [3.8, 4) is 11.5 Å². The average Bonchev–Trinajstić information content (AvgIpc) is 2.59. The SMILES string of the molecule is COc1cccc2c1OC[C@H](CNC(=O)C1CCC(O)CC1)C2. The lowest BCUT2D eigenvalue weighted by atomic mass is 9.86. The van der Waals surface area contributed by atoms with E-state index in [0.717, 1.165) is 49.2 Å². The van der Waals surface area contributed by atoms with Crippen LogP contribution in [0.5, 0.6) is 11.5 Å². The van der Waals surface area contributed by atoms with Crippen molar-refractivity contribution in [2.45, 2.75) is 38.2 Å². The molecule has 1 saturated carbocycles. The molecule has 0 radical (unpaired) electrons. The standard InChI is InChI=1S/C18H25NO4/c1-22-16-4-2-3-14-9-12(11-23-17(14)16)10-19-18(21)13-5-7-15(20)8-6-13/h2-4,12-13,15,20H,5-11H2,1H3,(H,19,21)/t12-,13?,15?/m0/s1. The molecule has 23 heavy (non-hydrogen) atoms. The highest BCUT2D eigenvalue weighted by Gasteiger charge is 2.27. The third-order valence-electron chi connectivity index (χ3n) is 4.88. The van der Waals surface area contributed by atoms with Crippen LogP contribution in [0.3, 0.4) is 0 Å². The molecule has 0 unspecified atom stereocenters. The minimum absolute atomic E-state index is 0.0512. The lowest BCUT2D eigenvalue weighted by Crippen LogP contribution is -2.39. The molecule has 5 heteroatoms. The molecule has 1 amide bonds. The van der Waals surface area contributed by atoms with E-state index in [1.54, 1.807) is 7.11 Å². The van der Waals surface area contributed by atoms with Crippen molar-refractivity contribution in [3.63, 3.8) is 0 Å². The molecule has 2 N–H and O–H groups in total. The summed E-state index contributed by atoms with van der Waals surface area (Å²) in [6, 6.07) is 5.92. The normalized spacial score (nSPS) is 26.8. The number of methoxy groups -OCH3 is 1. The van der Waals surface area contributed by atoms with Gasteiger partial charge in [-0.15, -0.1) is 0 Å². The van der Waals surface area contributed by atoms with E-state index in [0.29, 0.717) is 13.2 Å². The quantitative estimate of drug-likeness (QED) is 0.890. The summed E-state index contributed by atoms with van der Waals surface area (Å²) in [6.07, 6.45) is 3.70. The van der Waals surface area contributed by atoms with Crippen molar-refractivity contribution >= 4 is 5.91 Å². The van der Waals surface area contributed by atoms with Crippen molar-refractivity contribution in [2.24, 2.45) is 11.8 Å². The number of amides is 1. The predicted octanol–water partition coefficient (Wildman–Crippen LogP) is 1.91. The molecular weight excluding hydrogens is 294 g/mol. The highest BCUT2D eigenvalue weighted by Crippen LogP contribution is 2.35. The largest absolute Gasteiger partial charge is 0.493 e. The summed E-state index contributed by atoms with van der Waals surface area (Å²) in [6.45, 7) is 1.23. The summed E-state index contributed by atoms with van der Waals surface area (Å²) < 4.78 is 11.2. The number of ether oxygens (including phenoxy) is 2. The Balaban J connectivity index is 1.51. The van der Waals surface area contributed by atoms with Gasteiger partial charge >= 0.3 is 0 Å². The van der Waals surface area contributed by atoms with E-state index in [1.165, 1.54) is 0 Å². The van der Waals surface area contributed by atoms with E-state index >= 15 is 0 Å². The van der Waals surface area contributed by atoms with Gasteiger partial charge in [0.15, 0.2) is 11.5 Å². The van der Waals surface area contributed by atoms with Gasteiger partial charge in [0.25, 0.3) is 0 Å². The first-order chi connectivity index (χ1) is 11.2. The molecule has 2 aliphatic rings. The summed E-state index contributed by atoms with van der Waals surface area (Å²) in [5, 5.41) is 12.6. The van der Waals surface area contributed by atoms with Crippen molar-refractivity contribution in [1.29, 1.82) is 0 Å². The Morgan fingerprint density at radius 3 is 2.87 bits per heavy atom. The van der Waals surface area contributed by atoms with Gasteiger partial charge in [0, 0.05) is 18.4 Å². The molecule has 0 saturated heterocycles. The first-order valence-corrected chi connectivity index (χ1v) is 8.42. The fourth-order valence-electron chi connectivity index (χ4n) is 3.48. The van der Waals surface area contributed by atoms with Gasteiger partial charge in [0.1, 0.15) is 0 Å². The van der Waals surface area contributed by atoms with Gasteiger partial charge in [0.2, 0.25) is 5.91 Å². The fraction of sp³-hybridized carbons (Fsp3) is 0.611. The Morgan fingerprint density at radius 1 is 1.35 bits per heavy atom. The molecule has 1 fully saturated rings. The maximum Gasteiger partial charge on any atom is 0.223 e. The highest BCUT2D eigenvalue weighted by molar-refractivity contribution is 5.78. The van der Waals surface area contributed by atoms with E-state index in [2.05, 4.69) is 5.32 Å². The molecule has 1 heterocycles. The lowest BCUT2D eigenvalue weighted by molar-refractivity contribution is -0.126. The maximum atomic E-state index is 12.2. The summed E-state index contributed by atoms with van der Waals surface area (Å²) in [5.74, 6) is 2.06. The number of nitrogens with one attached hydrogen (secondary N) is 1. The third-order valence-corrected chi connectivity index (χ3v) is 4.88. The summed E-state index contributed by atoms with van der Waals surface area (Å²) >= 11 is 0. The highest BCUT2D eigenvalue weighted by atomic mass is 16.5. The molecular formula is C18H25NO4. The van der Waals surface area contributed by atoms with Crippen LogP contribution < -0.4 is 14.8 Å². The number of aliphatic hydroxyl groups excluding tert-OH is 1. The first-order valence-electron chi connectivity index (χ1n) is 8.42. The topological polar surface area (TPSA) is 67.8 Å². The first kappa shape index (κ1) is 16.1. The van der Waals surface area contributed by atoms with Crippen LogP contribution in [0, 0.1) is 11.8 Å². The van der Waals surface area contributed by atoms with Crippen LogP contribution in [-0.2, 0) is 11.2 Å². The number of aliphatic hydroxyl groups is 1. The minimum Gasteiger partial charge on any atom is -0.493 e. The number of benzene rings is 1. The Labute approximate surface area is 137 Å². The monoisotopic (exact) mass is 319 g/mol. The van der Waals surface area contributed by atoms with Crippen LogP contribution in [0.15, 0.2) is 18.2 Å². The zero-order valence-electron chi connectivity index (χ0n) is 13.6. The molecule has 126 valence electrons. The van der Waals surface area contributed by atoms with Gasteiger partial charge in [-0.05, 0) is 43.7 Å². The summed E-state index contributed by atoms with van der Waals surface area (Å²) in [4.78, 5) is 12.2. The van der Waals surface area contributed by atoms with Gasteiger partial charge in [0.05, 0.1) is 19.8 Å². The molecule has 1 aliphatic heterocycles. The van der Waals surface area contributed by atoms with E-state index < -0.39 is 0 Å². The zero-order chi connectivity index (χ0) is 16.2. The van der Waals surface area contributed by atoms with Crippen LogP contribution in [0.1, 0.15) is 31.2 Å². The molecule has 3 rings (SSSR count). The molecule has 1 aromatic carbocycles. The van der Waals surface area contributed by atoms with E-state index in [4.69, 9.17) is 9.47 Å². The van der Waals surface area contributed by atoms with Crippen LogP contribution in [-0.4, -0.2) is 37.4 Å². The number of para-hydroxylation sites is 1. The molecule has 1 aromatic rings. The summed E-state index contributed by atoms with van der Waals surface area (Å²) in [5.41, 5.74) is 1.13. The van der Waals surface area contributed by atoms with Gasteiger partial charge in [-0.2, -0.15) is 0 Å². The fourth-order valence-corrected chi connectivity index (χ4v) is 3.48. The van der Waals surface area contributed by atoms with E-state index in [1.807, 2.05) is 18.2 Å². The Hall–Kier alpha value is -1.75. The number of hydrogen-bond donors (Lipinski definition) is 2. The van der Waals surface area contributed by atoms with Gasteiger partial charge in [-0.25, -0.2) is 0 Å². The van der Waals surface area contributed by atoms with Crippen LogP contribution in [0.4, 0.5) is 0 Å². The number of fused-ring (bicyclic) bond motifs is 1. The Bertz CT molecular complexity index is 552. The second-order valence-corrected chi connectivity index (χ2v) is 6.58. The summed E-state index contributed by atoms with van der Waals surface area (Å²) in [7, 11) is 1.65. The van der Waals surface area contributed by atoms with E-state index in [9.17, 15) is 9.90 Å². The van der Waals surface area contributed by atoms with Crippen molar-refractivity contribution < 1.29 is 19.4 Å².